The number of rotatable bonds is 5. The number of phenolic OH excluding ortho intramolecular Hbond substituents is 1. The predicted molar refractivity (Wildman–Crippen MR) is 167 cm³/mol. The number of aromatic nitrogens is 3. The van der Waals surface area contributed by atoms with Crippen LogP contribution in [0.15, 0.2) is 101 Å². The highest BCUT2D eigenvalue weighted by Gasteiger charge is 2.22. The highest BCUT2D eigenvalue weighted by atomic mass is 16.3. The minimum atomic E-state index is 0.165. The van der Waals surface area contributed by atoms with Gasteiger partial charge in [0.15, 0.2) is 5.58 Å². The van der Waals surface area contributed by atoms with E-state index < -0.39 is 0 Å². The van der Waals surface area contributed by atoms with Gasteiger partial charge in [0.25, 0.3) is 0 Å². The third-order valence-electron chi connectivity index (χ3n) is 7.86. The van der Waals surface area contributed by atoms with Gasteiger partial charge in [0.2, 0.25) is 0 Å². The normalized spacial score (nSPS) is 12.0. The van der Waals surface area contributed by atoms with Crippen molar-refractivity contribution in [2.45, 2.75) is 39.5 Å². The van der Waals surface area contributed by atoms with Gasteiger partial charge in [0.1, 0.15) is 22.7 Å². The molecule has 0 aliphatic carbocycles. The van der Waals surface area contributed by atoms with Crippen molar-refractivity contribution in [1.29, 1.82) is 0 Å². The molecule has 3 aromatic heterocycles. The van der Waals surface area contributed by atoms with E-state index in [2.05, 4.69) is 92.9 Å². The van der Waals surface area contributed by atoms with Gasteiger partial charge in [-0.25, -0.2) is 9.97 Å². The summed E-state index contributed by atoms with van der Waals surface area (Å²) in [6.45, 7) is 9.01. The number of para-hydroxylation sites is 3. The van der Waals surface area contributed by atoms with Crippen LogP contribution in [0.25, 0.3) is 61.4 Å². The second kappa shape index (κ2) is 9.63. The lowest BCUT2D eigenvalue weighted by Crippen LogP contribution is -2.08. The van der Waals surface area contributed by atoms with E-state index in [9.17, 15) is 5.11 Å². The van der Waals surface area contributed by atoms with E-state index in [0.717, 1.165) is 33.7 Å². The molecule has 4 aromatic carbocycles. The molecule has 0 spiro atoms. The van der Waals surface area contributed by atoms with Crippen LogP contribution in [-0.2, 0) is 0 Å². The fraction of sp³-hybridized carbons (Fsp3) is 0.167. The third kappa shape index (κ3) is 4.08. The molecular weight excluding hydrogens is 506 g/mol. The highest BCUT2D eigenvalue weighted by Crippen LogP contribution is 2.39. The van der Waals surface area contributed by atoms with E-state index in [0.29, 0.717) is 33.9 Å². The summed E-state index contributed by atoms with van der Waals surface area (Å²) in [5.74, 6) is 1.76. The lowest BCUT2D eigenvalue weighted by atomic mass is 9.92. The molecule has 0 bridgehead atoms. The van der Waals surface area contributed by atoms with Crippen molar-refractivity contribution in [1.82, 2.24) is 14.5 Å². The molecule has 1 N–H and O–H groups in total. The first-order valence-electron chi connectivity index (χ1n) is 14.1. The first-order valence-corrected chi connectivity index (χ1v) is 14.1. The number of pyridine rings is 1. The smallest absolute Gasteiger partial charge is 0.154 e. The Morgan fingerprint density at radius 1 is 0.683 bits per heavy atom. The molecule has 0 atom stereocenters. The van der Waals surface area contributed by atoms with Crippen molar-refractivity contribution in [3.8, 4) is 34.1 Å². The number of hydrogen-bond acceptors (Lipinski definition) is 4. The molecular formula is C36H31N3O2. The van der Waals surface area contributed by atoms with Gasteiger partial charge in [0.05, 0.1) is 27.8 Å². The Morgan fingerprint density at radius 3 is 2.17 bits per heavy atom. The number of nitrogens with zero attached hydrogens (tertiary/aromatic N) is 3. The summed E-state index contributed by atoms with van der Waals surface area (Å²) in [7, 11) is 0. The van der Waals surface area contributed by atoms with E-state index >= 15 is 0 Å². The zero-order valence-electron chi connectivity index (χ0n) is 23.6. The summed E-state index contributed by atoms with van der Waals surface area (Å²) in [5.41, 5.74) is 10.6. The zero-order valence-corrected chi connectivity index (χ0v) is 23.6. The van der Waals surface area contributed by atoms with Crippen LogP contribution in [0.3, 0.4) is 0 Å². The van der Waals surface area contributed by atoms with Crippen LogP contribution in [0.2, 0.25) is 0 Å². The maximum Gasteiger partial charge on any atom is 0.154 e. The molecule has 41 heavy (non-hydrogen) atoms. The fourth-order valence-electron chi connectivity index (χ4n) is 5.86. The van der Waals surface area contributed by atoms with Gasteiger partial charge in [-0.05, 0) is 65.4 Å². The van der Waals surface area contributed by atoms with Crippen molar-refractivity contribution in [3.05, 3.63) is 108 Å². The molecule has 0 unspecified atom stereocenters. The van der Waals surface area contributed by atoms with Crippen LogP contribution in [0.1, 0.15) is 50.7 Å². The minimum absolute atomic E-state index is 0.165. The van der Waals surface area contributed by atoms with Crippen LogP contribution >= 0.6 is 0 Å². The van der Waals surface area contributed by atoms with E-state index in [1.165, 1.54) is 16.8 Å². The molecule has 7 rings (SSSR count). The summed E-state index contributed by atoms with van der Waals surface area (Å²) in [5, 5.41) is 11.2. The van der Waals surface area contributed by atoms with Gasteiger partial charge < -0.3 is 9.52 Å². The maximum atomic E-state index is 10.5. The lowest BCUT2D eigenvalue weighted by Gasteiger charge is -2.22. The number of hydrogen-bond donors (Lipinski definition) is 1. The standard InChI is InChI=1S/C36H31N3O2/c1-21(2)25-12-8-13-26(22(3)4)35(25)39-29-15-6-5-14-28(29)38-36(39)24-11-7-10-23(20-24)27-18-19-32-34(37-27)33-30(40)16-9-17-31(33)41-32/h5-22,40H,1-4H3. The first kappa shape index (κ1) is 25.1. The Morgan fingerprint density at radius 2 is 1.39 bits per heavy atom. The van der Waals surface area contributed by atoms with Gasteiger partial charge in [-0.15, -0.1) is 0 Å². The van der Waals surface area contributed by atoms with E-state index in [1.54, 1.807) is 12.1 Å². The number of phenols is 1. The summed E-state index contributed by atoms with van der Waals surface area (Å²) in [6.07, 6.45) is 0. The van der Waals surface area contributed by atoms with Crippen LogP contribution in [-0.4, -0.2) is 19.6 Å². The van der Waals surface area contributed by atoms with Gasteiger partial charge in [-0.3, -0.25) is 4.57 Å². The lowest BCUT2D eigenvalue weighted by molar-refractivity contribution is 0.481. The number of imidazole rings is 1. The molecule has 3 heterocycles. The summed E-state index contributed by atoms with van der Waals surface area (Å²) in [4.78, 5) is 10.1. The summed E-state index contributed by atoms with van der Waals surface area (Å²) in [6, 6.07) is 32.6. The van der Waals surface area contributed by atoms with Crippen molar-refractivity contribution < 1.29 is 9.52 Å². The Bertz CT molecular complexity index is 2050. The molecule has 0 aliphatic rings. The van der Waals surface area contributed by atoms with Gasteiger partial charge in [-0.2, -0.15) is 0 Å². The minimum Gasteiger partial charge on any atom is -0.507 e. The molecule has 0 fully saturated rings. The van der Waals surface area contributed by atoms with Crippen LogP contribution in [0, 0.1) is 0 Å². The van der Waals surface area contributed by atoms with Crippen LogP contribution < -0.4 is 0 Å². The molecule has 202 valence electrons. The van der Waals surface area contributed by atoms with E-state index in [4.69, 9.17) is 14.4 Å². The van der Waals surface area contributed by atoms with Gasteiger partial charge in [-0.1, -0.05) is 82.3 Å². The van der Waals surface area contributed by atoms with Crippen molar-refractivity contribution in [2.24, 2.45) is 0 Å². The number of furan rings is 1. The van der Waals surface area contributed by atoms with Crippen molar-refractivity contribution in [3.63, 3.8) is 0 Å². The largest absolute Gasteiger partial charge is 0.507 e. The predicted octanol–water partition coefficient (Wildman–Crippen LogP) is 9.61. The Balaban J connectivity index is 1.46. The van der Waals surface area contributed by atoms with E-state index in [-0.39, 0.29) is 5.75 Å². The third-order valence-corrected chi connectivity index (χ3v) is 7.86. The molecule has 0 saturated carbocycles. The maximum absolute atomic E-state index is 10.5. The molecule has 0 radical (unpaired) electrons. The molecule has 5 heteroatoms. The average Bonchev–Trinajstić information content (AvgIpc) is 3.55. The average molecular weight is 538 g/mol. The van der Waals surface area contributed by atoms with Crippen molar-refractivity contribution >= 4 is 33.1 Å². The monoisotopic (exact) mass is 537 g/mol. The van der Waals surface area contributed by atoms with Crippen molar-refractivity contribution in [2.75, 3.05) is 0 Å². The Kier molecular flexibility index (Phi) is 5.89. The number of benzene rings is 4. The van der Waals surface area contributed by atoms with Gasteiger partial charge in [0, 0.05) is 11.1 Å². The number of fused-ring (bicyclic) bond motifs is 4. The molecule has 0 saturated heterocycles. The molecule has 0 aliphatic heterocycles. The Hall–Kier alpha value is -4.90. The highest BCUT2D eigenvalue weighted by molar-refractivity contribution is 6.06. The summed E-state index contributed by atoms with van der Waals surface area (Å²) >= 11 is 0. The zero-order chi connectivity index (χ0) is 28.2. The number of aromatic hydroxyl groups is 1. The SMILES string of the molecule is CC(C)c1cccc(C(C)C)c1-n1c(-c2cccc(-c3ccc4oc5cccc(O)c5c4n3)c2)nc2ccccc21. The topological polar surface area (TPSA) is 64.1 Å². The summed E-state index contributed by atoms with van der Waals surface area (Å²) < 4.78 is 8.29. The second-order valence-electron chi connectivity index (χ2n) is 11.2. The molecule has 0 amide bonds. The van der Waals surface area contributed by atoms with E-state index in [1.807, 2.05) is 24.3 Å². The van der Waals surface area contributed by atoms with Crippen LogP contribution in [0.5, 0.6) is 5.75 Å². The molecule has 5 nitrogen and oxygen atoms in total. The first-order chi connectivity index (χ1) is 19.9. The molecule has 7 aromatic rings. The Labute approximate surface area is 238 Å². The quantitative estimate of drug-likeness (QED) is 0.237. The second-order valence-corrected chi connectivity index (χ2v) is 11.2. The van der Waals surface area contributed by atoms with Crippen LogP contribution in [0.4, 0.5) is 0 Å². The van der Waals surface area contributed by atoms with Gasteiger partial charge >= 0.3 is 0 Å². The fourth-order valence-corrected chi connectivity index (χ4v) is 5.86.